The second kappa shape index (κ2) is 13.6. The molecule has 0 bridgehead atoms. The van der Waals surface area contributed by atoms with Crippen LogP contribution in [0.3, 0.4) is 0 Å². The summed E-state index contributed by atoms with van der Waals surface area (Å²) >= 11 is 0. The molecule has 9 nitrogen and oxygen atoms in total. The van der Waals surface area contributed by atoms with Gasteiger partial charge >= 0.3 is 6.09 Å². The fourth-order valence-corrected chi connectivity index (χ4v) is 5.18. The Bertz CT molecular complexity index is 1040. The van der Waals surface area contributed by atoms with Gasteiger partial charge in [0.1, 0.15) is 17.7 Å². The van der Waals surface area contributed by atoms with E-state index in [9.17, 15) is 19.2 Å². The lowest BCUT2D eigenvalue weighted by Gasteiger charge is -2.44. The van der Waals surface area contributed by atoms with E-state index in [1.54, 1.807) is 31.7 Å². The molecule has 1 aromatic rings. The van der Waals surface area contributed by atoms with Gasteiger partial charge in [-0.2, -0.15) is 0 Å². The average Bonchev–Trinajstić information content (AvgIpc) is 2.84. The first-order chi connectivity index (χ1) is 18.5. The normalized spacial score (nSPS) is 17.7. The minimum Gasteiger partial charge on any atom is -0.444 e. The second-order valence-corrected chi connectivity index (χ2v) is 11.7. The van der Waals surface area contributed by atoms with Crippen molar-refractivity contribution in [1.29, 1.82) is 0 Å². The minimum atomic E-state index is -1.08. The van der Waals surface area contributed by atoms with E-state index >= 15 is 0 Å². The van der Waals surface area contributed by atoms with E-state index < -0.39 is 35.6 Å². The molecule has 2 atom stereocenters. The van der Waals surface area contributed by atoms with Crippen LogP contribution in [0.4, 0.5) is 4.79 Å². The number of ether oxygens (including phenoxy) is 1. The van der Waals surface area contributed by atoms with Crippen LogP contribution in [-0.2, 0) is 19.1 Å². The molecule has 2 saturated carbocycles. The molecule has 2 aliphatic rings. The van der Waals surface area contributed by atoms with Crippen molar-refractivity contribution in [3.8, 4) is 0 Å². The third-order valence-corrected chi connectivity index (χ3v) is 7.33. The van der Waals surface area contributed by atoms with Crippen LogP contribution < -0.4 is 16.4 Å². The first kappa shape index (κ1) is 30.2. The van der Waals surface area contributed by atoms with Crippen LogP contribution in [0.1, 0.15) is 102 Å². The smallest absolute Gasteiger partial charge is 0.408 e. The molecule has 0 saturated heterocycles. The van der Waals surface area contributed by atoms with Gasteiger partial charge in [0.15, 0.2) is 0 Å². The van der Waals surface area contributed by atoms with E-state index in [0.717, 1.165) is 56.9 Å². The van der Waals surface area contributed by atoms with Crippen molar-refractivity contribution in [2.75, 3.05) is 0 Å². The first-order valence-corrected chi connectivity index (χ1v) is 14.1. The number of nitrogens with one attached hydrogen (secondary N) is 2. The van der Waals surface area contributed by atoms with E-state index in [4.69, 9.17) is 10.5 Å². The minimum absolute atomic E-state index is 0.000289. The summed E-state index contributed by atoms with van der Waals surface area (Å²) < 4.78 is 5.40. The monoisotopic (exact) mass is 540 g/mol. The molecule has 3 rings (SSSR count). The fourth-order valence-electron chi connectivity index (χ4n) is 5.18. The second-order valence-electron chi connectivity index (χ2n) is 11.7. The van der Waals surface area contributed by atoms with Crippen LogP contribution in [0.5, 0.6) is 0 Å². The number of nitrogens with two attached hydrogens (primary N) is 1. The molecule has 0 heterocycles. The Morgan fingerprint density at radius 3 is 2.36 bits per heavy atom. The topological polar surface area (TPSA) is 131 Å². The van der Waals surface area contributed by atoms with Gasteiger partial charge in [-0.1, -0.05) is 50.1 Å². The van der Waals surface area contributed by atoms with Crippen LogP contribution in [0.2, 0.25) is 0 Å². The Hall–Kier alpha value is -3.36. The molecule has 39 heavy (non-hydrogen) atoms. The van der Waals surface area contributed by atoms with Crippen LogP contribution in [-0.4, -0.2) is 52.4 Å². The van der Waals surface area contributed by atoms with Gasteiger partial charge in [0, 0.05) is 18.5 Å². The molecule has 0 aromatic heterocycles. The highest BCUT2D eigenvalue weighted by Gasteiger charge is 2.42. The van der Waals surface area contributed by atoms with Crippen molar-refractivity contribution < 1.29 is 23.9 Å². The maximum absolute atomic E-state index is 14.3. The number of hydrogen-bond donors (Lipinski definition) is 3. The third kappa shape index (κ3) is 8.83. The van der Waals surface area contributed by atoms with Crippen molar-refractivity contribution in [3.63, 3.8) is 0 Å². The average molecular weight is 541 g/mol. The molecule has 0 spiro atoms. The van der Waals surface area contributed by atoms with Crippen molar-refractivity contribution in [2.45, 2.75) is 115 Å². The number of primary amides is 1. The largest absolute Gasteiger partial charge is 0.444 e. The number of benzene rings is 1. The van der Waals surface area contributed by atoms with Gasteiger partial charge in [0.25, 0.3) is 0 Å². The van der Waals surface area contributed by atoms with Gasteiger partial charge < -0.3 is 26.0 Å². The summed E-state index contributed by atoms with van der Waals surface area (Å²) in [5.74, 6) is -1.26. The van der Waals surface area contributed by atoms with Gasteiger partial charge in [-0.25, -0.2) is 4.79 Å². The van der Waals surface area contributed by atoms with Crippen molar-refractivity contribution >= 4 is 29.9 Å². The highest BCUT2D eigenvalue weighted by atomic mass is 16.6. The molecule has 2 fully saturated rings. The van der Waals surface area contributed by atoms with E-state index in [0.29, 0.717) is 5.56 Å². The number of rotatable bonds is 11. The molecular weight excluding hydrogens is 496 g/mol. The molecule has 4 amide bonds. The van der Waals surface area contributed by atoms with E-state index in [1.807, 2.05) is 24.3 Å². The van der Waals surface area contributed by atoms with Crippen LogP contribution >= 0.6 is 0 Å². The quantitative estimate of drug-likeness (QED) is 0.384. The maximum atomic E-state index is 14.3. The predicted octanol–water partition coefficient (Wildman–Crippen LogP) is 4.36. The van der Waals surface area contributed by atoms with Crippen molar-refractivity contribution in [1.82, 2.24) is 15.5 Å². The Morgan fingerprint density at radius 1 is 1.10 bits per heavy atom. The summed E-state index contributed by atoms with van der Waals surface area (Å²) in [4.78, 5) is 54.2. The van der Waals surface area contributed by atoms with Crippen LogP contribution in [0, 0.1) is 0 Å². The fraction of sp³-hybridized carbons (Fsp3) is 0.600. The molecule has 1 aromatic carbocycles. The van der Waals surface area contributed by atoms with E-state index in [-0.39, 0.29) is 30.8 Å². The first-order valence-electron chi connectivity index (χ1n) is 14.1. The molecule has 4 N–H and O–H groups in total. The predicted molar refractivity (Wildman–Crippen MR) is 150 cm³/mol. The van der Waals surface area contributed by atoms with Gasteiger partial charge in [-0.3, -0.25) is 14.4 Å². The number of nitrogens with zero attached hydrogens (tertiary/aromatic N) is 1. The summed E-state index contributed by atoms with van der Waals surface area (Å²) in [6.07, 6.45) is 8.34. The lowest BCUT2D eigenvalue weighted by atomic mass is 9.87. The SMILES string of the molecule is C=Cc1cccc(C(C(=O)NC2CCCCC2)N(C(=O)C(CCC(N)=O)NC(=O)OC(C)(C)C)C2CCC2)c1. The molecular formula is C30H44N4O5. The number of carbonyl (C=O) groups excluding carboxylic acids is 4. The van der Waals surface area contributed by atoms with Crippen molar-refractivity contribution in [2.24, 2.45) is 5.73 Å². The zero-order chi connectivity index (χ0) is 28.6. The number of amides is 4. The van der Waals surface area contributed by atoms with E-state index in [1.165, 1.54) is 0 Å². The summed E-state index contributed by atoms with van der Waals surface area (Å²) in [7, 11) is 0. The Labute approximate surface area is 231 Å². The zero-order valence-electron chi connectivity index (χ0n) is 23.5. The summed E-state index contributed by atoms with van der Waals surface area (Å²) in [6.45, 7) is 9.04. The Kier molecular flexibility index (Phi) is 10.5. The highest BCUT2D eigenvalue weighted by molar-refractivity contribution is 5.93. The Balaban J connectivity index is 1.99. The number of hydrogen-bond acceptors (Lipinski definition) is 5. The summed E-state index contributed by atoms with van der Waals surface area (Å²) in [6, 6.07) is 5.35. The molecule has 0 aliphatic heterocycles. The van der Waals surface area contributed by atoms with Gasteiger partial charge in [-0.05, 0) is 76.5 Å². The maximum Gasteiger partial charge on any atom is 0.408 e. The molecule has 9 heteroatoms. The van der Waals surface area contributed by atoms with Gasteiger partial charge in [-0.15, -0.1) is 0 Å². The van der Waals surface area contributed by atoms with Crippen molar-refractivity contribution in [3.05, 3.63) is 42.0 Å². The van der Waals surface area contributed by atoms with Gasteiger partial charge in [0.05, 0.1) is 0 Å². The number of carbonyl (C=O) groups is 4. The Morgan fingerprint density at radius 2 is 1.79 bits per heavy atom. The lowest BCUT2D eigenvalue weighted by Crippen LogP contribution is -2.58. The molecule has 2 aliphatic carbocycles. The molecule has 214 valence electrons. The molecule has 0 radical (unpaired) electrons. The zero-order valence-corrected chi connectivity index (χ0v) is 23.5. The standard InChI is InChI=1S/C30H44N4O5/c1-5-20-11-9-12-21(19-20)26(27(36)32-22-13-7-6-8-14-22)34(23-15-10-16-23)28(37)24(17-18-25(31)35)33-29(38)39-30(2,3)4/h5,9,11-12,19,22-24,26H,1,6-8,10,13-18H2,2-4H3,(H2,31,35)(H,32,36)(H,33,38). The molecule has 2 unspecified atom stereocenters. The summed E-state index contributed by atoms with van der Waals surface area (Å²) in [5.41, 5.74) is 6.13. The highest BCUT2D eigenvalue weighted by Crippen LogP contribution is 2.35. The number of alkyl carbamates (subject to hydrolysis) is 1. The van der Waals surface area contributed by atoms with Gasteiger partial charge in [0.2, 0.25) is 17.7 Å². The van der Waals surface area contributed by atoms with E-state index in [2.05, 4.69) is 17.2 Å². The third-order valence-electron chi connectivity index (χ3n) is 7.33. The lowest BCUT2D eigenvalue weighted by molar-refractivity contribution is -0.148. The summed E-state index contributed by atoms with van der Waals surface area (Å²) in [5, 5.41) is 5.86. The van der Waals surface area contributed by atoms with Crippen LogP contribution in [0.25, 0.3) is 6.08 Å². The van der Waals surface area contributed by atoms with Crippen LogP contribution in [0.15, 0.2) is 30.8 Å².